The fourth-order valence-electron chi connectivity index (χ4n) is 1.20. The summed E-state index contributed by atoms with van der Waals surface area (Å²) >= 11 is 2.96. The van der Waals surface area contributed by atoms with E-state index in [-0.39, 0.29) is 4.34 Å². The van der Waals surface area contributed by atoms with Gasteiger partial charge in [-0.25, -0.2) is 8.42 Å². The summed E-state index contributed by atoms with van der Waals surface area (Å²) in [5.41, 5.74) is 0. The van der Waals surface area contributed by atoms with Crippen molar-refractivity contribution >= 4 is 32.9 Å². The zero-order chi connectivity index (χ0) is 12.9. The summed E-state index contributed by atoms with van der Waals surface area (Å²) in [6.07, 6.45) is 3.59. The fraction of sp³-hybridized carbons (Fsp3) is 0.800. The van der Waals surface area contributed by atoms with Gasteiger partial charge in [0.2, 0.25) is 14.2 Å². The lowest BCUT2D eigenvalue weighted by molar-refractivity contribution is 0.579. The molecule has 4 nitrogen and oxygen atoms in total. The molecule has 98 valence electrons. The van der Waals surface area contributed by atoms with Crippen LogP contribution in [-0.2, 0) is 15.6 Å². The normalized spacial score (nSPS) is 12.2. The Morgan fingerprint density at radius 3 is 2.59 bits per heavy atom. The molecule has 0 N–H and O–H groups in total. The van der Waals surface area contributed by atoms with Gasteiger partial charge in [0.25, 0.3) is 0 Å². The molecule has 0 aliphatic heterocycles. The highest BCUT2D eigenvalue weighted by Gasteiger charge is 2.13. The molecule has 0 fully saturated rings. The maximum atomic E-state index is 11.2. The summed E-state index contributed by atoms with van der Waals surface area (Å²) in [5.74, 6) is 2.59. The minimum Gasteiger partial charge on any atom is -0.221 e. The molecule has 1 rings (SSSR count). The van der Waals surface area contributed by atoms with Gasteiger partial charge < -0.3 is 0 Å². The maximum Gasteiger partial charge on any atom is 0.232 e. The van der Waals surface area contributed by atoms with E-state index in [2.05, 4.69) is 24.0 Å². The van der Waals surface area contributed by atoms with Crippen molar-refractivity contribution in [2.24, 2.45) is 5.92 Å². The van der Waals surface area contributed by atoms with Crippen LogP contribution in [0.15, 0.2) is 4.34 Å². The lowest BCUT2D eigenvalue weighted by atomic mass is 10.1. The van der Waals surface area contributed by atoms with Gasteiger partial charge >= 0.3 is 0 Å². The molecule has 0 bridgehead atoms. The summed E-state index contributed by atoms with van der Waals surface area (Å²) < 4.78 is 22.5. The third kappa shape index (κ3) is 5.83. The first kappa shape index (κ1) is 14.9. The predicted octanol–water partition coefficient (Wildman–Crippen LogP) is 2.61. The van der Waals surface area contributed by atoms with Crippen molar-refractivity contribution in [2.45, 2.75) is 36.8 Å². The molecule has 0 aliphatic carbocycles. The number of nitrogens with zero attached hydrogens (tertiary/aromatic N) is 2. The third-order valence-corrected chi connectivity index (χ3v) is 5.89. The highest BCUT2D eigenvalue weighted by Crippen LogP contribution is 2.21. The van der Waals surface area contributed by atoms with Gasteiger partial charge in [0.1, 0.15) is 5.01 Å². The molecule has 7 heteroatoms. The van der Waals surface area contributed by atoms with Crippen LogP contribution in [0, 0.1) is 5.92 Å². The monoisotopic (exact) mass is 294 g/mol. The summed E-state index contributed by atoms with van der Waals surface area (Å²) in [4.78, 5) is 0. The van der Waals surface area contributed by atoms with E-state index >= 15 is 0 Å². The number of thioether (sulfide) groups is 1. The van der Waals surface area contributed by atoms with E-state index in [1.807, 2.05) is 0 Å². The average Bonchev–Trinajstić information content (AvgIpc) is 2.64. The molecule has 0 atom stereocenters. The van der Waals surface area contributed by atoms with E-state index in [1.54, 1.807) is 11.8 Å². The molecule has 17 heavy (non-hydrogen) atoms. The van der Waals surface area contributed by atoms with Gasteiger partial charge in [-0.15, -0.1) is 10.2 Å². The minimum atomic E-state index is -3.19. The first-order chi connectivity index (χ1) is 7.89. The molecular formula is C10H18N2O2S3. The topological polar surface area (TPSA) is 59.9 Å². The van der Waals surface area contributed by atoms with E-state index in [1.165, 1.54) is 24.2 Å². The Balaban J connectivity index is 2.31. The number of sulfone groups is 1. The van der Waals surface area contributed by atoms with Crippen LogP contribution in [0.2, 0.25) is 0 Å². The van der Waals surface area contributed by atoms with Gasteiger partial charge in [0.05, 0.1) is 0 Å². The lowest BCUT2D eigenvalue weighted by Crippen LogP contribution is -1.95. The molecule has 0 radical (unpaired) electrons. The Morgan fingerprint density at radius 2 is 2.06 bits per heavy atom. The molecule has 1 heterocycles. The number of hydrogen-bond acceptors (Lipinski definition) is 6. The second kappa shape index (κ2) is 6.70. The van der Waals surface area contributed by atoms with Crippen molar-refractivity contribution in [1.29, 1.82) is 0 Å². The van der Waals surface area contributed by atoms with Crippen LogP contribution in [0.5, 0.6) is 0 Å². The first-order valence-electron chi connectivity index (χ1n) is 5.50. The Kier molecular flexibility index (Phi) is 5.88. The van der Waals surface area contributed by atoms with Crippen LogP contribution in [0.4, 0.5) is 0 Å². The van der Waals surface area contributed by atoms with Crippen molar-refractivity contribution in [3.05, 3.63) is 5.01 Å². The summed E-state index contributed by atoms with van der Waals surface area (Å²) in [7, 11) is -3.19. The van der Waals surface area contributed by atoms with E-state index in [0.717, 1.165) is 28.7 Å². The summed E-state index contributed by atoms with van der Waals surface area (Å²) in [5, 5.41) is 8.36. The molecule has 0 aliphatic rings. The molecule has 0 saturated heterocycles. The Hall–Kier alpha value is -0.140. The summed E-state index contributed by atoms with van der Waals surface area (Å²) in [6, 6.07) is 0. The summed E-state index contributed by atoms with van der Waals surface area (Å²) in [6.45, 7) is 4.43. The highest BCUT2D eigenvalue weighted by molar-refractivity contribution is 7.98. The van der Waals surface area contributed by atoms with E-state index in [9.17, 15) is 8.42 Å². The average molecular weight is 294 g/mol. The highest BCUT2D eigenvalue weighted by atomic mass is 32.2. The van der Waals surface area contributed by atoms with E-state index in [0.29, 0.717) is 0 Å². The van der Waals surface area contributed by atoms with Crippen molar-refractivity contribution in [2.75, 3.05) is 12.0 Å². The van der Waals surface area contributed by atoms with Gasteiger partial charge in [-0.1, -0.05) is 31.6 Å². The van der Waals surface area contributed by atoms with E-state index in [4.69, 9.17) is 0 Å². The number of hydrogen-bond donors (Lipinski definition) is 0. The zero-order valence-electron chi connectivity index (χ0n) is 10.3. The Bertz CT molecular complexity index is 440. The van der Waals surface area contributed by atoms with Crippen molar-refractivity contribution < 1.29 is 8.42 Å². The van der Waals surface area contributed by atoms with Crippen LogP contribution in [-0.4, -0.2) is 30.6 Å². The standard InChI is InChI=1S/C10H18N2O2S3/c1-8(2)5-4-6-15-7-9-11-12-10(16-9)17(3,13)14/h8H,4-7H2,1-3H3. The van der Waals surface area contributed by atoms with Gasteiger partial charge in [0.15, 0.2) is 0 Å². The molecule has 1 aromatic heterocycles. The fourth-order valence-corrected chi connectivity index (χ4v) is 3.88. The molecular weight excluding hydrogens is 276 g/mol. The van der Waals surface area contributed by atoms with Gasteiger partial charge in [-0.05, 0) is 18.1 Å². The van der Waals surface area contributed by atoms with Crippen LogP contribution < -0.4 is 0 Å². The lowest BCUT2D eigenvalue weighted by Gasteiger charge is -2.02. The Labute approximate surface area is 111 Å². The molecule has 0 spiro atoms. The SMILES string of the molecule is CC(C)CCCSCc1nnc(S(C)(=O)=O)s1. The minimum absolute atomic E-state index is 0.121. The van der Waals surface area contributed by atoms with Gasteiger partial charge in [-0.3, -0.25) is 0 Å². The van der Waals surface area contributed by atoms with Gasteiger partial charge in [0, 0.05) is 12.0 Å². The number of aromatic nitrogens is 2. The molecule has 0 unspecified atom stereocenters. The van der Waals surface area contributed by atoms with Gasteiger partial charge in [-0.2, -0.15) is 11.8 Å². The zero-order valence-corrected chi connectivity index (χ0v) is 12.8. The molecule has 1 aromatic rings. The van der Waals surface area contributed by atoms with Crippen LogP contribution in [0.3, 0.4) is 0 Å². The van der Waals surface area contributed by atoms with Crippen molar-refractivity contribution in [3.8, 4) is 0 Å². The quantitative estimate of drug-likeness (QED) is 0.723. The first-order valence-corrected chi connectivity index (χ1v) is 9.36. The maximum absolute atomic E-state index is 11.2. The third-order valence-electron chi connectivity index (χ3n) is 2.06. The second-order valence-corrected chi connectivity index (χ2v) is 8.68. The van der Waals surface area contributed by atoms with Crippen molar-refractivity contribution in [3.63, 3.8) is 0 Å². The van der Waals surface area contributed by atoms with Crippen LogP contribution >= 0.6 is 23.1 Å². The van der Waals surface area contributed by atoms with E-state index < -0.39 is 9.84 Å². The second-order valence-electron chi connectivity index (χ2n) is 4.32. The smallest absolute Gasteiger partial charge is 0.221 e. The molecule has 0 saturated carbocycles. The number of rotatable bonds is 7. The van der Waals surface area contributed by atoms with Crippen molar-refractivity contribution in [1.82, 2.24) is 10.2 Å². The van der Waals surface area contributed by atoms with Crippen LogP contribution in [0.1, 0.15) is 31.7 Å². The predicted molar refractivity (Wildman–Crippen MR) is 73.3 cm³/mol. The largest absolute Gasteiger partial charge is 0.232 e. The molecule has 0 aromatic carbocycles. The van der Waals surface area contributed by atoms with Crippen LogP contribution in [0.25, 0.3) is 0 Å². The Morgan fingerprint density at radius 1 is 1.35 bits per heavy atom. The molecule has 0 amide bonds.